The van der Waals surface area contributed by atoms with E-state index in [1.807, 2.05) is 73.6 Å². The lowest BCUT2D eigenvalue weighted by atomic mass is 9.66. The van der Waals surface area contributed by atoms with Crippen LogP contribution in [0.2, 0.25) is 0 Å². The molecule has 0 aliphatic carbocycles. The standard InChI is InChI=1S/C20H29BNO3/c1-17(2)15(14-12-10-9-11-13-14)16(18(3,4)22(17)23)21-24-19(5,6)20(7,8)25-21/h9-13H,1-8H3. The molecular weight excluding hydrogens is 313 g/mol. The van der Waals surface area contributed by atoms with E-state index in [0.717, 1.165) is 16.6 Å². The van der Waals surface area contributed by atoms with E-state index in [0.29, 0.717) is 0 Å². The summed E-state index contributed by atoms with van der Waals surface area (Å²) in [4.78, 5) is 0. The molecule has 4 nitrogen and oxygen atoms in total. The topological polar surface area (TPSA) is 41.6 Å². The zero-order valence-corrected chi connectivity index (χ0v) is 16.6. The molecule has 2 heterocycles. The summed E-state index contributed by atoms with van der Waals surface area (Å²) in [5.41, 5.74) is 0.721. The predicted octanol–water partition coefficient (Wildman–Crippen LogP) is 4.29. The molecule has 3 rings (SSSR count). The number of hydrogen-bond acceptors (Lipinski definition) is 3. The van der Waals surface area contributed by atoms with Crippen molar-refractivity contribution in [3.8, 4) is 0 Å². The van der Waals surface area contributed by atoms with Gasteiger partial charge in [-0.05, 0) is 72.0 Å². The number of hydrogen-bond donors (Lipinski definition) is 0. The highest BCUT2D eigenvalue weighted by Crippen LogP contribution is 2.52. The minimum Gasteiger partial charge on any atom is -0.400 e. The Morgan fingerprint density at radius 2 is 1.28 bits per heavy atom. The number of rotatable bonds is 2. The first-order valence-electron chi connectivity index (χ1n) is 8.96. The maximum atomic E-state index is 13.2. The molecule has 25 heavy (non-hydrogen) atoms. The summed E-state index contributed by atoms with van der Waals surface area (Å²) >= 11 is 0. The molecule has 0 aromatic heterocycles. The summed E-state index contributed by atoms with van der Waals surface area (Å²) in [6.07, 6.45) is 0. The van der Waals surface area contributed by atoms with Gasteiger partial charge in [0.15, 0.2) is 0 Å². The smallest absolute Gasteiger partial charge is 0.400 e. The van der Waals surface area contributed by atoms with Crippen molar-refractivity contribution in [2.75, 3.05) is 0 Å². The van der Waals surface area contributed by atoms with Crippen molar-refractivity contribution in [2.24, 2.45) is 0 Å². The number of nitrogens with zero attached hydrogens (tertiary/aromatic N) is 1. The average Bonchev–Trinajstić information content (AvgIpc) is 2.79. The molecule has 0 spiro atoms. The molecule has 2 aliphatic heterocycles. The molecule has 1 aromatic carbocycles. The summed E-state index contributed by atoms with van der Waals surface area (Å²) in [6.45, 7) is 16.0. The lowest BCUT2D eigenvalue weighted by molar-refractivity contribution is -0.236. The molecule has 0 unspecified atom stereocenters. The third-order valence-electron chi connectivity index (χ3n) is 6.11. The van der Waals surface area contributed by atoms with Gasteiger partial charge in [-0.3, -0.25) is 0 Å². The molecule has 1 aromatic rings. The monoisotopic (exact) mass is 342 g/mol. The number of benzene rings is 1. The molecule has 2 aliphatic rings. The number of hydroxylamine groups is 2. The summed E-state index contributed by atoms with van der Waals surface area (Å²) < 4.78 is 12.7. The molecule has 0 atom stereocenters. The molecule has 0 N–H and O–H groups in total. The third-order valence-corrected chi connectivity index (χ3v) is 6.11. The van der Waals surface area contributed by atoms with E-state index in [9.17, 15) is 5.21 Å². The van der Waals surface area contributed by atoms with Gasteiger partial charge in [0.25, 0.3) is 0 Å². The maximum absolute atomic E-state index is 13.2. The minimum atomic E-state index is -0.712. The first kappa shape index (κ1) is 18.6. The van der Waals surface area contributed by atoms with Crippen molar-refractivity contribution in [1.29, 1.82) is 0 Å². The zero-order valence-electron chi connectivity index (χ0n) is 16.6. The van der Waals surface area contributed by atoms with Crippen molar-refractivity contribution >= 4 is 12.7 Å². The second-order valence-electron chi connectivity index (χ2n) is 9.16. The van der Waals surface area contributed by atoms with E-state index in [1.54, 1.807) is 0 Å². The van der Waals surface area contributed by atoms with E-state index in [2.05, 4.69) is 12.1 Å². The highest BCUT2D eigenvalue weighted by Gasteiger charge is 2.61. The molecule has 0 amide bonds. The fourth-order valence-electron chi connectivity index (χ4n) is 4.03. The molecule has 0 saturated carbocycles. The maximum Gasteiger partial charge on any atom is 0.492 e. The van der Waals surface area contributed by atoms with E-state index < -0.39 is 29.4 Å². The lowest BCUT2D eigenvalue weighted by Crippen LogP contribution is -2.49. The van der Waals surface area contributed by atoms with Crippen LogP contribution in [0.3, 0.4) is 0 Å². The first-order chi connectivity index (χ1) is 11.3. The molecule has 1 saturated heterocycles. The summed E-state index contributed by atoms with van der Waals surface area (Å²) in [6, 6.07) is 10.1. The van der Waals surface area contributed by atoms with E-state index >= 15 is 0 Å². The van der Waals surface area contributed by atoms with E-state index in [-0.39, 0.29) is 0 Å². The van der Waals surface area contributed by atoms with Crippen molar-refractivity contribution in [3.05, 3.63) is 41.4 Å². The van der Waals surface area contributed by atoms with E-state index in [4.69, 9.17) is 9.31 Å². The highest BCUT2D eigenvalue weighted by molar-refractivity contribution is 6.57. The van der Waals surface area contributed by atoms with Gasteiger partial charge in [-0.15, -0.1) is 10.3 Å². The van der Waals surface area contributed by atoms with Crippen LogP contribution < -0.4 is 0 Å². The SMILES string of the molecule is CC1(C)C(B2OC(C)(C)C(C)(C)O2)=C(c2ccccc2)C(C)(C)N1[O]. The van der Waals surface area contributed by atoms with Crippen LogP contribution in [0.25, 0.3) is 5.57 Å². The Kier molecular flexibility index (Phi) is 4.05. The van der Waals surface area contributed by atoms with Gasteiger partial charge in [-0.1, -0.05) is 30.3 Å². The van der Waals surface area contributed by atoms with Crippen LogP contribution in [-0.2, 0) is 14.5 Å². The van der Waals surface area contributed by atoms with Gasteiger partial charge in [-0.2, -0.15) is 0 Å². The van der Waals surface area contributed by atoms with Crippen LogP contribution in [0.4, 0.5) is 0 Å². The second kappa shape index (κ2) is 5.43. The van der Waals surface area contributed by atoms with Crippen LogP contribution >= 0.6 is 0 Å². The van der Waals surface area contributed by atoms with Crippen molar-refractivity contribution in [3.63, 3.8) is 0 Å². The molecule has 1 fully saturated rings. The van der Waals surface area contributed by atoms with Gasteiger partial charge in [0.1, 0.15) is 0 Å². The Balaban J connectivity index is 2.21. The fourth-order valence-corrected chi connectivity index (χ4v) is 4.03. The Bertz CT molecular complexity index is 691. The van der Waals surface area contributed by atoms with Crippen LogP contribution in [-0.4, -0.2) is 34.5 Å². The quantitative estimate of drug-likeness (QED) is 0.753. The fraction of sp³-hybridized carbons (Fsp3) is 0.600. The highest BCUT2D eigenvalue weighted by atomic mass is 16.7. The van der Waals surface area contributed by atoms with Crippen LogP contribution in [0, 0.1) is 0 Å². The normalized spacial score (nSPS) is 27.2. The van der Waals surface area contributed by atoms with Gasteiger partial charge in [-0.25, -0.2) is 0 Å². The zero-order chi connectivity index (χ0) is 18.8. The Morgan fingerprint density at radius 3 is 1.76 bits per heavy atom. The van der Waals surface area contributed by atoms with Crippen LogP contribution in [0.1, 0.15) is 61.0 Å². The van der Waals surface area contributed by atoms with Crippen molar-refractivity contribution in [1.82, 2.24) is 5.06 Å². The summed E-state index contributed by atoms with van der Waals surface area (Å²) in [7, 11) is -0.534. The third kappa shape index (κ3) is 2.60. The minimum absolute atomic E-state index is 0.441. The van der Waals surface area contributed by atoms with Gasteiger partial charge >= 0.3 is 7.12 Å². The Morgan fingerprint density at radius 1 is 0.800 bits per heavy atom. The van der Waals surface area contributed by atoms with Gasteiger partial charge in [0.2, 0.25) is 0 Å². The molecule has 5 heteroatoms. The molecule has 0 bridgehead atoms. The summed E-state index contributed by atoms with van der Waals surface area (Å²) in [5.74, 6) is 0. The lowest BCUT2D eigenvalue weighted by Gasteiger charge is -2.35. The van der Waals surface area contributed by atoms with Crippen molar-refractivity contribution in [2.45, 2.75) is 77.7 Å². The van der Waals surface area contributed by atoms with E-state index in [1.165, 1.54) is 5.06 Å². The molecular formula is C20H29BNO3. The van der Waals surface area contributed by atoms with Crippen LogP contribution in [0.15, 0.2) is 35.8 Å². The van der Waals surface area contributed by atoms with Gasteiger partial charge in [0, 0.05) is 0 Å². The second-order valence-corrected chi connectivity index (χ2v) is 9.16. The molecule has 1 radical (unpaired) electrons. The van der Waals surface area contributed by atoms with Crippen LogP contribution in [0.5, 0.6) is 0 Å². The summed E-state index contributed by atoms with van der Waals surface area (Å²) in [5, 5.41) is 14.4. The van der Waals surface area contributed by atoms with Gasteiger partial charge < -0.3 is 9.31 Å². The molecule has 135 valence electrons. The first-order valence-corrected chi connectivity index (χ1v) is 8.96. The Hall–Kier alpha value is -1.14. The predicted molar refractivity (Wildman–Crippen MR) is 100 cm³/mol. The van der Waals surface area contributed by atoms with Gasteiger partial charge in [0.05, 0.1) is 22.3 Å². The average molecular weight is 342 g/mol. The Labute approximate surface area is 151 Å². The van der Waals surface area contributed by atoms with Crippen molar-refractivity contribution < 1.29 is 14.5 Å². The largest absolute Gasteiger partial charge is 0.492 e.